The van der Waals surface area contributed by atoms with Crippen LogP contribution in [0.2, 0.25) is 0 Å². The van der Waals surface area contributed by atoms with Crippen LogP contribution in [-0.2, 0) is 4.74 Å². The molecule has 1 aliphatic rings. The second kappa shape index (κ2) is 7.46. The molecule has 6 heteroatoms. The first-order valence-electron chi connectivity index (χ1n) is 9.70. The molecule has 0 atom stereocenters. The van der Waals surface area contributed by atoms with E-state index in [1.54, 1.807) is 11.3 Å². The molecule has 0 aliphatic carbocycles. The molecule has 3 aromatic heterocycles. The third-order valence-corrected chi connectivity index (χ3v) is 6.43. The predicted octanol–water partition coefficient (Wildman–Crippen LogP) is 4.74. The number of ether oxygens (including phenoxy) is 1. The van der Waals surface area contributed by atoms with Gasteiger partial charge in [0, 0.05) is 52.4 Å². The molecule has 4 heterocycles. The Bertz CT molecular complexity index is 1190. The summed E-state index contributed by atoms with van der Waals surface area (Å²) in [6.07, 6.45) is 3.89. The van der Waals surface area contributed by atoms with Crippen LogP contribution in [0, 0.1) is 6.92 Å². The van der Waals surface area contributed by atoms with E-state index in [0.717, 1.165) is 22.2 Å². The van der Waals surface area contributed by atoms with Gasteiger partial charge in [0.1, 0.15) is 5.65 Å². The monoisotopic (exact) mass is 403 g/mol. The molecule has 5 rings (SSSR count). The summed E-state index contributed by atoms with van der Waals surface area (Å²) in [4.78, 5) is 23.9. The lowest BCUT2D eigenvalue weighted by Gasteiger charge is -2.27. The largest absolute Gasteiger partial charge is 0.378 e. The SMILES string of the molecule is Cc1ccsc1-c1c[nH]c2ncc(-c3cccc(C(=O)N4CCOCC4)c3)cc12. The number of aromatic nitrogens is 2. The van der Waals surface area contributed by atoms with Gasteiger partial charge in [-0.05, 0) is 47.7 Å². The van der Waals surface area contributed by atoms with E-state index < -0.39 is 0 Å². The highest BCUT2D eigenvalue weighted by molar-refractivity contribution is 7.13. The predicted molar refractivity (Wildman–Crippen MR) is 116 cm³/mol. The molecule has 1 aromatic carbocycles. The number of aromatic amines is 1. The maximum atomic E-state index is 12.9. The lowest BCUT2D eigenvalue weighted by molar-refractivity contribution is 0.0303. The molecular formula is C23H21N3O2S. The van der Waals surface area contributed by atoms with Gasteiger partial charge in [-0.3, -0.25) is 4.79 Å². The molecule has 0 unspecified atom stereocenters. The van der Waals surface area contributed by atoms with Gasteiger partial charge in [0.15, 0.2) is 0 Å². The summed E-state index contributed by atoms with van der Waals surface area (Å²) in [5.74, 6) is 0.0562. The average molecular weight is 404 g/mol. The van der Waals surface area contributed by atoms with Gasteiger partial charge in [-0.2, -0.15) is 0 Å². The number of fused-ring (bicyclic) bond motifs is 1. The fourth-order valence-electron chi connectivity index (χ4n) is 3.78. The summed E-state index contributed by atoms with van der Waals surface area (Å²) in [5.41, 5.74) is 6.00. The topological polar surface area (TPSA) is 58.2 Å². The Morgan fingerprint density at radius 2 is 2.03 bits per heavy atom. The molecular weight excluding hydrogens is 382 g/mol. The van der Waals surface area contributed by atoms with Crippen LogP contribution in [0.25, 0.3) is 32.6 Å². The van der Waals surface area contributed by atoms with Gasteiger partial charge >= 0.3 is 0 Å². The number of hydrogen-bond donors (Lipinski definition) is 1. The maximum Gasteiger partial charge on any atom is 0.254 e. The van der Waals surface area contributed by atoms with Gasteiger partial charge in [-0.25, -0.2) is 4.98 Å². The first-order chi connectivity index (χ1) is 14.2. The minimum absolute atomic E-state index is 0.0562. The highest BCUT2D eigenvalue weighted by atomic mass is 32.1. The molecule has 4 aromatic rings. The number of rotatable bonds is 3. The zero-order chi connectivity index (χ0) is 19.8. The van der Waals surface area contributed by atoms with E-state index in [0.29, 0.717) is 31.9 Å². The zero-order valence-electron chi connectivity index (χ0n) is 16.1. The quantitative estimate of drug-likeness (QED) is 0.538. The van der Waals surface area contributed by atoms with Crippen molar-refractivity contribution >= 4 is 28.3 Å². The fourth-order valence-corrected chi connectivity index (χ4v) is 4.74. The van der Waals surface area contributed by atoms with Crippen LogP contribution in [0.1, 0.15) is 15.9 Å². The Hall–Kier alpha value is -2.96. The lowest BCUT2D eigenvalue weighted by Crippen LogP contribution is -2.40. The van der Waals surface area contributed by atoms with E-state index in [1.165, 1.54) is 16.0 Å². The number of carbonyl (C=O) groups excluding carboxylic acids is 1. The number of H-pyrrole nitrogens is 1. The summed E-state index contributed by atoms with van der Waals surface area (Å²) in [5, 5.41) is 3.21. The Kier molecular flexibility index (Phi) is 4.66. The molecule has 1 fully saturated rings. The highest BCUT2D eigenvalue weighted by Crippen LogP contribution is 2.35. The van der Waals surface area contributed by atoms with Crippen molar-refractivity contribution in [1.82, 2.24) is 14.9 Å². The smallest absolute Gasteiger partial charge is 0.254 e. The highest BCUT2D eigenvalue weighted by Gasteiger charge is 2.19. The number of aryl methyl sites for hydroxylation is 1. The van der Waals surface area contributed by atoms with Crippen LogP contribution in [0.4, 0.5) is 0 Å². The van der Waals surface area contributed by atoms with Gasteiger partial charge in [-0.1, -0.05) is 12.1 Å². The van der Waals surface area contributed by atoms with E-state index in [4.69, 9.17) is 4.74 Å². The van der Waals surface area contributed by atoms with Gasteiger partial charge in [-0.15, -0.1) is 11.3 Å². The van der Waals surface area contributed by atoms with Crippen molar-refractivity contribution in [3.8, 4) is 21.6 Å². The summed E-state index contributed by atoms with van der Waals surface area (Å²) >= 11 is 1.74. The van der Waals surface area contributed by atoms with Crippen LogP contribution >= 0.6 is 11.3 Å². The standard InChI is InChI=1S/C23H21N3O2S/c1-15-5-10-29-21(15)20-14-25-22-19(20)12-18(13-24-22)16-3-2-4-17(11-16)23(27)26-6-8-28-9-7-26/h2-5,10-14H,6-9H2,1H3,(H,24,25). The number of pyridine rings is 1. The average Bonchev–Trinajstić information content (AvgIpc) is 3.39. The first-order valence-corrected chi connectivity index (χ1v) is 10.6. The van der Waals surface area contributed by atoms with Crippen molar-refractivity contribution < 1.29 is 9.53 Å². The van der Waals surface area contributed by atoms with Gasteiger partial charge < -0.3 is 14.6 Å². The molecule has 1 aliphatic heterocycles. The number of carbonyl (C=O) groups is 1. The molecule has 0 radical (unpaired) electrons. The Labute approximate surface area is 173 Å². The van der Waals surface area contributed by atoms with Crippen LogP contribution < -0.4 is 0 Å². The van der Waals surface area contributed by atoms with Gasteiger partial charge in [0.25, 0.3) is 5.91 Å². The lowest BCUT2D eigenvalue weighted by atomic mass is 10.0. The molecule has 1 amide bonds. The van der Waals surface area contributed by atoms with E-state index in [2.05, 4.69) is 34.4 Å². The molecule has 1 saturated heterocycles. The van der Waals surface area contributed by atoms with E-state index in [9.17, 15) is 4.79 Å². The number of benzene rings is 1. The molecule has 0 saturated carbocycles. The van der Waals surface area contributed by atoms with Crippen LogP contribution in [0.3, 0.4) is 0 Å². The van der Waals surface area contributed by atoms with E-state index >= 15 is 0 Å². The van der Waals surface area contributed by atoms with E-state index in [1.807, 2.05) is 41.6 Å². The number of thiophene rings is 1. The normalized spacial score (nSPS) is 14.4. The fraction of sp³-hybridized carbons (Fsp3) is 0.217. The summed E-state index contributed by atoms with van der Waals surface area (Å²) in [6, 6.07) is 12.1. The van der Waals surface area contributed by atoms with Crippen molar-refractivity contribution in [2.75, 3.05) is 26.3 Å². The molecule has 29 heavy (non-hydrogen) atoms. The van der Waals surface area contributed by atoms with Gasteiger partial charge in [0.05, 0.1) is 13.2 Å². The summed E-state index contributed by atoms with van der Waals surface area (Å²) < 4.78 is 5.36. The Morgan fingerprint density at radius 1 is 1.17 bits per heavy atom. The molecule has 0 bridgehead atoms. The minimum atomic E-state index is 0.0562. The third-order valence-electron chi connectivity index (χ3n) is 5.38. The van der Waals surface area contributed by atoms with Crippen molar-refractivity contribution in [1.29, 1.82) is 0 Å². The van der Waals surface area contributed by atoms with Crippen molar-refractivity contribution in [3.63, 3.8) is 0 Å². The first kappa shape index (κ1) is 18.1. The second-order valence-corrected chi connectivity index (χ2v) is 8.16. The van der Waals surface area contributed by atoms with Crippen molar-refractivity contribution in [2.24, 2.45) is 0 Å². The Balaban J connectivity index is 1.52. The maximum absolute atomic E-state index is 12.9. The number of nitrogens with one attached hydrogen (secondary N) is 1. The second-order valence-electron chi connectivity index (χ2n) is 7.24. The molecule has 146 valence electrons. The van der Waals surface area contributed by atoms with Crippen LogP contribution in [0.5, 0.6) is 0 Å². The minimum Gasteiger partial charge on any atom is -0.378 e. The van der Waals surface area contributed by atoms with Crippen molar-refractivity contribution in [2.45, 2.75) is 6.92 Å². The molecule has 0 spiro atoms. The number of nitrogens with zero attached hydrogens (tertiary/aromatic N) is 2. The van der Waals surface area contributed by atoms with Gasteiger partial charge in [0.2, 0.25) is 0 Å². The zero-order valence-corrected chi connectivity index (χ0v) is 17.0. The summed E-state index contributed by atoms with van der Waals surface area (Å²) in [7, 11) is 0. The van der Waals surface area contributed by atoms with E-state index in [-0.39, 0.29) is 5.91 Å². The number of amides is 1. The third kappa shape index (κ3) is 3.34. The number of hydrogen-bond acceptors (Lipinski definition) is 4. The van der Waals surface area contributed by atoms with Crippen LogP contribution in [0.15, 0.2) is 54.2 Å². The molecule has 5 nitrogen and oxygen atoms in total. The van der Waals surface area contributed by atoms with Crippen molar-refractivity contribution in [3.05, 3.63) is 65.3 Å². The van der Waals surface area contributed by atoms with Crippen LogP contribution in [-0.4, -0.2) is 47.1 Å². The summed E-state index contributed by atoms with van der Waals surface area (Å²) in [6.45, 7) is 4.62. The number of morpholine rings is 1. The molecule has 1 N–H and O–H groups in total. The Morgan fingerprint density at radius 3 is 2.83 bits per heavy atom.